The lowest BCUT2D eigenvalue weighted by molar-refractivity contribution is 0.0730. The van der Waals surface area contributed by atoms with Gasteiger partial charge in [0.1, 0.15) is 5.75 Å². The van der Waals surface area contributed by atoms with Crippen molar-refractivity contribution in [3.63, 3.8) is 0 Å². The Labute approximate surface area is 116 Å². The van der Waals surface area contributed by atoms with E-state index < -0.39 is 8.32 Å². The van der Waals surface area contributed by atoms with Crippen LogP contribution in [0.4, 0.5) is 0 Å². The van der Waals surface area contributed by atoms with E-state index in [0.29, 0.717) is 5.56 Å². The van der Waals surface area contributed by atoms with Gasteiger partial charge in [0, 0.05) is 5.56 Å². The maximum atomic E-state index is 12.0. The number of hydrogen-bond donors (Lipinski definition) is 1. The molecule has 106 valence electrons. The molecule has 0 atom stereocenters. The highest BCUT2D eigenvalue weighted by Gasteiger charge is 2.38. The molecule has 5 heteroatoms. The third-order valence-corrected chi connectivity index (χ3v) is 7.78. The molecular weight excluding hydrogens is 258 g/mol. The fraction of sp³-hybridized carbons (Fsp3) is 0.500. The van der Waals surface area contributed by atoms with Crippen LogP contribution in [0.1, 0.15) is 31.1 Å². The van der Waals surface area contributed by atoms with Crippen molar-refractivity contribution < 1.29 is 14.1 Å². The highest BCUT2D eigenvalue weighted by Crippen LogP contribution is 2.35. The monoisotopic (exact) mass is 281 g/mol. The van der Waals surface area contributed by atoms with Crippen LogP contribution in [-0.2, 0) is 4.53 Å². The van der Waals surface area contributed by atoms with Crippen LogP contribution in [0.15, 0.2) is 24.3 Å². The summed E-state index contributed by atoms with van der Waals surface area (Å²) in [7, 11) is -0.382. The smallest absolute Gasteiger partial charge is 0.273 e. The lowest BCUT2D eigenvalue weighted by Gasteiger charge is -2.35. The lowest BCUT2D eigenvalue weighted by atomic mass is 10.2. The predicted molar refractivity (Wildman–Crippen MR) is 78.7 cm³/mol. The van der Waals surface area contributed by atoms with Crippen molar-refractivity contribution in [2.24, 2.45) is 0 Å². The van der Waals surface area contributed by atoms with Gasteiger partial charge in [0.25, 0.3) is 5.91 Å². The zero-order valence-corrected chi connectivity index (χ0v) is 13.5. The summed E-state index contributed by atoms with van der Waals surface area (Å²) < 4.78 is 10.7. The van der Waals surface area contributed by atoms with Crippen LogP contribution in [0.25, 0.3) is 0 Å². The number of methoxy groups -OCH3 is 1. The minimum Gasteiger partial charge on any atom is -0.497 e. The van der Waals surface area contributed by atoms with Crippen LogP contribution in [0.2, 0.25) is 18.1 Å². The summed E-state index contributed by atoms with van der Waals surface area (Å²) in [6.45, 7) is 10.5. The molecule has 0 saturated carbocycles. The molecule has 0 aliphatic heterocycles. The van der Waals surface area contributed by atoms with Crippen molar-refractivity contribution >= 4 is 14.2 Å². The topological polar surface area (TPSA) is 47.6 Å². The summed E-state index contributed by atoms with van der Waals surface area (Å²) >= 11 is 0. The van der Waals surface area contributed by atoms with Crippen LogP contribution in [0.5, 0.6) is 5.75 Å². The van der Waals surface area contributed by atoms with Gasteiger partial charge < -0.3 is 9.26 Å². The van der Waals surface area contributed by atoms with E-state index in [9.17, 15) is 4.79 Å². The molecule has 0 bridgehead atoms. The first-order chi connectivity index (χ1) is 8.67. The number of benzene rings is 1. The SMILES string of the molecule is COc1ccc(C(=O)NO[Si](C)(C)C(C)(C)C)cc1. The van der Waals surface area contributed by atoms with Crippen LogP contribution < -0.4 is 10.2 Å². The standard InChI is InChI=1S/C14H23NO3Si/c1-14(2,3)19(5,6)18-15-13(16)11-7-9-12(17-4)10-8-11/h7-10H,1-6H3,(H,15,16). The van der Waals surface area contributed by atoms with Crippen molar-refractivity contribution in [1.29, 1.82) is 0 Å². The second-order valence-corrected chi connectivity index (χ2v) is 10.7. The molecule has 0 saturated heterocycles. The van der Waals surface area contributed by atoms with E-state index in [1.807, 2.05) is 0 Å². The number of rotatable bonds is 4. The molecule has 0 spiro atoms. The Kier molecular flexibility index (Phi) is 4.76. The molecular formula is C14H23NO3Si. The Balaban J connectivity index is 2.65. The summed E-state index contributed by atoms with van der Waals surface area (Å²) in [6.07, 6.45) is 0. The van der Waals surface area contributed by atoms with Crippen LogP contribution in [0.3, 0.4) is 0 Å². The first-order valence-electron chi connectivity index (χ1n) is 6.30. The molecule has 0 fully saturated rings. The minimum atomic E-state index is -1.97. The molecule has 0 radical (unpaired) electrons. The van der Waals surface area contributed by atoms with Crippen molar-refractivity contribution in [3.8, 4) is 5.75 Å². The minimum absolute atomic E-state index is 0.0557. The number of carbonyl (C=O) groups is 1. The van der Waals surface area contributed by atoms with E-state index >= 15 is 0 Å². The summed E-state index contributed by atoms with van der Waals surface area (Å²) in [5.41, 5.74) is 3.12. The Morgan fingerprint density at radius 2 is 1.68 bits per heavy atom. The average molecular weight is 281 g/mol. The molecule has 0 aromatic heterocycles. The van der Waals surface area contributed by atoms with E-state index in [-0.39, 0.29) is 10.9 Å². The molecule has 0 aliphatic carbocycles. The highest BCUT2D eigenvalue weighted by atomic mass is 28.4. The zero-order chi connectivity index (χ0) is 14.7. The summed E-state index contributed by atoms with van der Waals surface area (Å²) in [4.78, 5) is 12.0. The number of hydroxylamine groups is 1. The number of nitrogens with one attached hydrogen (secondary N) is 1. The quantitative estimate of drug-likeness (QED) is 0.680. The highest BCUT2D eigenvalue weighted by molar-refractivity contribution is 6.74. The summed E-state index contributed by atoms with van der Waals surface area (Å²) in [6, 6.07) is 6.93. The van der Waals surface area contributed by atoms with Crippen molar-refractivity contribution in [1.82, 2.24) is 5.48 Å². The van der Waals surface area contributed by atoms with Gasteiger partial charge >= 0.3 is 0 Å². The average Bonchev–Trinajstić information content (AvgIpc) is 2.35. The number of ether oxygens (including phenoxy) is 1. The van der Waals surface area contributed by atoms with Crippen molar-refractivity contribution in [2.75, 3.05) is 7.11 Å². The van der Waals surface area contributed by atoms with Gasteiger partial charge in [-0.1, -0.05) is 20.8 Å². The Hall–Kier alpha value is -1.33. The van der Waals surface area contributed by atoms with E-state index in [0.717, 1.165) is 5.75 Å². The Morgan fingerprint density at radius 3 is 2.11 bits per heavy atom. The summed E-state index contributed by atoms with van der Waals surface area (Å²) in [5.74, 6) is 0.495. The largest absolute Gasteiger partial charge is 0.497 e. The third kappa shape index (κ3) is 4.07. The molecule has 1 aromatic carbocycles. The number of hydrogen-bond acceptors (Lipinski definition) is 3. The molecule has 1 aromatic rings. The van der Waals surface area contributed by atoms with Crippen molar-refractivity contribution in [2.45, 2.75) is 38.9 Å². The van der Waals surface area contributed by atoms with Gasteiger partial charge in [0.2, 0.25) is 8.32 Å². The lowest BCUT2D eigenvalue weighted by Crippen LogP contribution is -2.46. The number of carbonyl (C=O) groups excluding carboxylic acids is 1. The van der Waals surface area contributed by atoms with Gasteiger partial charge in [-0.2, -0.15) is 0 Å². The molecule has 1 N–H and O–H groups in total. The van der Waals surface area contributed by atoms with E-state index in [1.54, 1.807) is 31.4 Å². The van der Waals surface area contributed by atoms with E-state index in [4.69, 9.17) is 9.26 Å². The second-order valence-electron chi connectivity index (χ2n) is 6.02. The van der Waals surface area contributed by atoms with Crippen LogP contribution in [-0.4, -0.2) is 21.3 Å². The van der Waals surface area contributed by atoms with Gasteiger partial charge in [-0.05, 0) is 42.4 Å². The second kappa shape index (κ2) is 5.75. The van der Waals surface area contributed by atoms with E-state index in [1.165, 1.54) is 0 Å². The normalized spacial score (nSPS) is 12.1. The molecule has 1 amide bonds. The molecule has 0 unspecified atom stereocenters. The third-order valence-electron chi connectivity index (χ3n) is 3.56. The van der Waals surface area contributed by atoms with Crippen LogP contribution in [0, 0.1) is 0 Å². The number of amides is 1. The summed E-state index contributed by atoms with van der Waals surface area (Å²) in [5, 5.41) is 0.0557. The maximum absolute atomic E-state index is 12.0. The van der Waals surface area contributed by atoms with Gasteiger partial charge in [0.05, 0.1) is 7.11 Å². The van der Waals surface area contributed by atoms with Crippen LogP contribution >= 0.6 is 0 Å². The van der Waals surface area contributed by atoms with E-state index in [2.05, 4.69) is 39.3 Å². The molecule has 19 heavy (non-hydrogen) atoms. The van der Waals surface area contributed by atoms with Gasteiger partial charge in [0.15, 0.2) is 0 Å². The Bertz CT molecular complexity index is 435. The van der Waals surface area contributed by atoms with Crippen molar-refractivity contribution in [3.05, 3.63) is 29.8 Å². The maximum Gasteiger partial charge on any atom is 0.273 e. The predicted octanol–water partition coefficient (Wildman–Crippen LogP) is 3.36. The van der Waals surface area contributed by atoms with Gasteiger partial charge in [-0.15, -0.1) is 0 Å². The Morgan fingerprint density at radius 1 is 1.16 bits per heavy atom. The molecule has 0 aliphatic rings. The molecule has 4 nitrogen and oxygen atoms in total. The van der Waals surface area contributed by atoms with Gasteiger partial charge in [-0.3, -0.25) is 4.79 Å². The fourth-order valence-electron chi connectivity index (χ4n) is 1.13. The molecule has 1 rings (SSSR count). The first-order valence-corrected chi connectivity index (χ1v) is 9.20. The first kappa shape index (κ1) is 15.7. The molecule has 0 heterocycles. The zero-order valence-electron chi connectivity index (χ0n) is 12.5. The van der Waals surface area contributed by atoms with Gasteiger partial charge in [-0.25, -0.2) is 5.48 Å². The fourth-order valence-corrected chi connectivity index (χ4v) is 1.78.